The van der Waals surface area contributed by atoms with Crippen molar-refractivity contribution in [3.63, 3.8) is 0 Å². The molecule has 2 aliphatic heterocycles. The fraction of sp³-hybridized carbons (Fsp3) is 0.741. The zero-order valence-corrected chi connectivity index (χ0v) is 23.3. The third-order valence-electron chi connectivity index (χ3n) is 7.56. The molecule has 1 atom stereocenters. The molecule has 1 aromatic rings. The molecule has 1 saturated carbocycles. The molecule has 214 valence electrons. The van der Waals surface area contributed by atoms with Gasteiger partial charge in [-0.1, -0.05) is 6.07 Å². The highest BCUT2D eigenvalue weighted by Gasteiger charge is 2.52. The highest BCUT2D eigenvalue weighted by molar-refractivity contribution is 7.85. The zero-order valence-electron chi connectivity index (χ0n) is 22.5. The van der Waals surface area contributed by atoms with E-state index in [1.165, 1.54) is 18.9 Å². The Labute approximate surface area is 225 Å². The van der Waals surface area contributed by atoms with Gasteiger partial charge in [0.2, 0.25) is 0 Å². The summed E-state index contributed by atoms with van der Waals surface area (Å²) in [6, 6.07) is 5.23. The standard InChI is InChI=1S/C27H39F4N3O3S/c1-25(2,3)37-24(35)26(11-13-32(14-12-26)21-8-9-21)38(36)34-17-15-33(16-18-34)22-7-6-20(23(28)19-22)5-4-10-27(29,30)31/h6-7,19,21H,4-5,8-18H2,1-3H3. The lowest BCUT2D eigenvalue weighted by molar-refractivity contribution is -0.159. The minimum absolute atomic E-state index is 0.0311. The third-order valence-corrected chi connectivity index (χ3v) is 9.63. The predicted octanol–water partition coefficient (Wildman–Crippen LogP) is 4.84. The number of aryl methyl sites for hydroxylation is 1. The van der Waals surface area contributed by atoms with Crippen molar-refractivity contribution in [2.75, 3.05) is 44.2 Å². The average Bonchev–Trinajstić information content (AvgIpc) is 3.68. The first-order valence-electron chi connectivity index (χ1n) is 13.5. The third kappa shape index (κ3) is 7.27. The van der Waals surface area contributed by atoms with Crippen molar-refractivity contribution in [2.24, 2.45) is 0 Å². The van der Waals surface area contributed by atoms with Crippen LogP contribution in [0, 0.1) is 5.82 Å². The summed E-state index contributed by atoms with van der Waals surface area (Å²) in [4.78, 5) is 17.8. The molecule has 0 aromatic heterocycles. The van der Waals surface area contributed by atoms with Gasteiger partial charge in [-0.15, -0.1) is 0 Å². The van der Waals surface area contributed by atoms with Gasteiger partial charge >= 0.3 is 12.1 Å². The van der Waals surface area contributed by atoms with Crippen molar-refractivity contribution in [3.05, 3.63) is 29.6 Å². The van der Waals surface area contributed by atoms with Crippen LogP contribution in [0.5, 0.6) is 0 Å². The minimum atomic E-state index is -4.24. The number of piperidine rings is 1. The number of halogens is 4. The molecule has 1 unspecified atom stereocenters. The van der Waals surface area contributed by atoms with Gasteiger partial charge < -0.3 is 14.5 Å². The van der Waals surface area contributed by atoms with Crippen LogP contribution in [0.25, 0.3) is 0 Å². The van der Waals surface area contributed by atoms with Crippen LogP contribution in [-0.4, -0.2) is 81.2 Å². The van der Waals surface area contributed by atoms with Crippen molar-refractivity contribution in [1.29, 1.82) is 0 Å². The smallest absolute Gasteiger partial charge is 0.389 e. The molecule has 0 spiro atoms. The zero-order chi connectivity index (χ0) is 27.7. The number of nitrogens with zero attached hydrogens (tertiary/aromatic N) is 3. The Morgan fingerprint density at radius 2 is 1.68 bits per heavy atom. The monoisotopic (exact) mass is 561 g/mol. The first kappa shape index (κ1) is 29.3. The van der Waals surface area contributed by atoms with E-state index in [1.54, 1.807) is 12.1 Å². The molecule has 3 aliphatic rings. The molecule has 2 saturated heterocycles. The van der Waals surface area contributed by atoms with Crippen LogP contribution in [0.3, 0.4) is 0 Å². The van der Waals surface area contributed by atoms with Gasteiger partial charge in [-0.2, -0.15) is 13.2 Å². The number of ether oxygens (including phenoxy) is 1. The van der Waals surface area contributed by atoms with Gasteiger partial charge in [0.25, 0.3) is 0 Å². The number of carbonyl (C=O) groups excluding carboxylic acids is 1. The lowest BCUT2D eigenvalue weighted by atomic mass is 9.95. The maximum Gasteiger partial charge on any atom is 0.389 e. The lowest BCUT2D eigenvalue weighted by Gasteiger charge is -2.44. The Morgan fingerprint density at radius 1 is 1.05 bits per heavy atom. The molecular formula is C27H39F4N3O3S. The van der Waals surface area contributed by atoms with E-state index in [9.17, 15) is 26.6 Å². The lowest BCUT2D eigenvalue weighted by Crippen LogP contribution is -2.60. The van der Waals surface area contributed by atoms with Gasteiger partial charge in [0.05, 0.1) is 0 Å². The van der Waals surface area contributed by atoms with Crippen LogP contribution in [0.1, 0.15) is 64.9 Å². The van der Waals surface area contributed by atoms with Gasteiger partial charge in [-0.05, 0) is 77.0 Å². The van der Waals surface area contributed by atoms with Crippen molar-refractivity contribution in [3.8, 4) is 0 Å². The highest BCUT2D eigenvalue weighted by Crippen LogP contribution is 2.38. The first-order valence-corrected chi connectivity index (χ1v) is 14.6. The molecule has 0 amide bonds. The van der Waals surface area contributed by atoms with Gasteiger partial charge in [0.15, 0.2) is 4.75 Å². The number of anilines is 1. The van der Waals surface area contributed by atoms with Crippen LogP contribution in [0.4, 0.5) is 23.2 Å². The van der Waals surface area contributed by atoms with Gasteiger partial charge in [-0.25, -0.2) is 12.9 Å². The van der Waals surface area contributed by atoms with Crippen LogP contribution in [-0.2, 0) is 26.9 Å². The van der Waals surface area contributed by atoms with Crippen molar-refractivity contribution >= 4 is 22.6 Å². The second-order valence-corrected chi connectivity index (χ2v) is 13.5. The molecule has 0 radical (unpaired) electrons. The second kappa shape index (κ2) is 11.4. The second-order valence-electron chi connectivity index (χ2n) is 11.7. The largest absolute Gasteiger partial charge is 0.459 e. The first-order chi connectivity index (χ1) is 17.8. The highest BCUT2D eigenvalue weighted by atomic mass is 32.2. The molecule has 1 aliphatic carbocycles. The number of piperazine rings is 1. The quantitative estimate of drug-likeness (QED) is 0.336. The summed E-state index contributed by atoms with van der Waals surface area (Å²) in [6.45, 7) is 8.79. The molecule has 38 heavy (non-hydrogen) atoms. The summed E-state index contributed by atoms with van der Waals surface area (Å²) in [5.41, 5.74) is 0.241. The topological polar surface area (TPSA) is 53.1 Å². The molecule has 6 nitrogen and oxygen atoms in total. The van der Waals surface area contributed by atoms with Crippen LogP contribution < -0.4 is 4.90 Å². The molecule has 0 N–H and O–H groups in total. The number of alkyl halides is 3. The van der Waals surface area contributed by atoms with Crippen LogP contribution in [0.15, 0.2) is 18.2 Å². The molecule has 11 heteroatoms. The summed E-state index contributed by atoms with van der Waals surface area (Å²) >= 11 is 0. The Kier molecular flexibility index (Phi) is 8.79. The van der Waals surface area contributed by atoms with Crippen LogP contribution in [0.2, 0.25) is 0 Å². The maximum absolute atomic E-state index is 14.6. The normalized spacial score (nSPS) is 22.3. The number of benzene rings is 1. The number of carbonyl (C=O) groups is 1. The summed E-state index contributed by atoms with van der Waals surface area (Å²) in [5, 5.41) is 0. The van der Waals surface area contributed by atoms with E-state index in [0.717, 1.165) is 13.1 Å². The number of likely N-dealkylation sites (tertiary alicyclic amines) is 1. The predicted molar refractivity (Wildman–Crippen MR) is 140 cm³/mol. The van der Waals surface area contributed by atoms with E-state index in [2.05, 4.69) is 4.90 Å². The summed E-state index contributed by atoms with van der Waals surface area (Å²) in [7, 11) is -1.58. The fourth-order valence-electron chi connectivity index (χ4n) is 5.29. The van der Waals surface area contributed by atoms with Crippen molar-refractivity contribution in [2.45, 2.75) is 88.3 Å². The number of hydrogen-bond acceptors (Lipinski definition) is 5. The summed E-state index contributed by atoms with van der Waals surface area (Å²) < 4.78 is 72.4. The molecule has 0 bridgehead atoms. The van der Waals surface area contributed by atoms with E-state index >= 15 is 0 Å². The fourth-order valence-corrected chi connectivity index (χ4v) is 6.99. The number of hydrogen-bond donors (Lipinski definition) is 0. The Bertz CT molecular complexity index is 1010. The van der Waals surface area contributed by atoms with Gasteiger partial charge in [-0.3, -0.25) is 4.79 Å². The molecule has 2 heterocycles. The summed E-state index contributed by atoms with van der Waals surface area (Å²) in [5.74, 6) is -0.911. The molecular weight excluding hydrogens is 522 g/mol. The number of rotatable bonds is 8. The van der Waals surface area contributed by atoms with Crippen molar-refractivity contribution < 1.29 is 31.3 Å². The van der Waals surface area contributed by atoms with E-state index in [-0.39, 0.29) is 18.4 Å². The minimum Gasteiger partial charge on any atom is -0.459 e. The van der Waals surface area contributed by atoms with Crippen molar-refractivity contribution in [1.82, 2.24) is 9.21 Å². The van der Waals surface area contributed by atoms with Crippen LogP contribution >= 0.6 is 0 Å². The Hall–Kier alpha value is -1.72. The number of esters is 1. The van der Waals surface area contributed by atoms with E-state index in [0.29, 0.717) is 50.7 Å². The van der Waals surface area contributed by atoms with E-state index in [1.807, 2.05) is 30.0 Å². The Balaban J connectivity index is 1.38. The molecule has 3 fully saturated rings. The Morgan fingerprint density at radius 3 is 2.21 bits per heavy atom. The van der Waals surface area contributed by atoms with E-state index < -0.39 is 45.7 Å². The van der Waals surface area contributed by atoms with E-state index in [4.69, 9.17) is 4.74 Å². The molecule has 4 rings (SSSR count). The maximum atomic E-state index is 14.6. The molecule has 1 aromatic carbocycles. The van der Waals surface area contributed by atoms with Gasteiger partial charge in [0, 0.05) is 57.4 Å². The summed E-state index contributed by atoms with van der Waals surface area (Å²) in [6.07, 6.45) is -1.95. The van der Waals surface area contributed by atoms with Gasteiger partial charge in [0.1, 0.15) is 22.4 Å². The SMILES string of the molecule is CC(C)(C)OC(=O)C1(S(=O)N2CCN(c3ccc(CCCC(F)(F)F)c(F)c3)CC2)CCN(C2CC2)CC1. The average molecular weight is 562 g/mol.